The van der Waals surface area contributed by atoms with Gasteiger partial charge in [0.1, 0.15) is 0 Å². The van der Waals surface area contributed by atoms with Crippen molar-refractivity contribution in [2.75, 3.05) is 19.6 Å². The minimum absolute atomic E-state index is 0.179. The van der Waals surface area contributed by atoms with E-state index in [1.54, 1.807) is 6.07 Å². The van der Waals surface area contributed by atoms with Crippen LogP contribution in [0.25, 0.3) is 0 Å². The Morgan fingerprint density at radius 2 is 1.88 bits per heavy atom. The van der Waals surface area contributed by atoms with E-state index in [0.717, 1.165) is 44.5 Å². The van der Waals surface area contributed by atoms with Crippen molar-refractivity contribution in [3.63, 3.8) is 0 Å². The van der Waals surface area contributed by atoms with Gasteiger partial charge in [0.15, 0.2) is 0 Å². The first kappa shape index (κ1) is 17.7. The number of alkyl halides is 3. The summed E-state index contributed by atoms with van der Waals surface area (Å²) >= 11 is 0. The van der Waals surface area contributed by atoms with Gasteiger partial charge in [0.25, 0.3) is 0 Å². The Balaban J connectivity index is 1.83. The number of likely N-dealkylation sites (tertiary alicyclic amines) is 1. The average Bonchev–Trinajstić information content (AvgIpc) is 2.98. The van der Waals surface area contributed by atoms with E-state index in [1.165, 1.54) is 31.4 Å². The van der Waals surface area contributed by atoms with Crippen LogP contribution >= 0.6 is 0 Å². The molecule has 0 aromatic heterocycles. The number of hydrogen-bond donors (Lipinski definition) is 1. The molecule has 24 heavy (non-hydrogen) atoms. The van der Waals surface area contributed by atoms with Crippen molar-refractivity contribution in [1.82, 2.24) is 4.90 Å². The molecule has 0 spiro atoms. The summed E-state index contributed by atoms with van der Waals surface area (Å²) in [5.41, 5.74) is 6.32. The van der Waals surface area contributed by atoms with Crippen molar-refractivity contribution >= 4 is 0 Å². The van der Waals surface area contributed by atoms with Gasteiger partial charge in [-0.15, -0.1) is 0 Å². The third kappa shape index (κ3) is 4.31. The first-order chi connectivity index (χ1) is 11.4. The van der Waals surface area contributed by atoms with E-state index in [1.807, 2.05) is 6.07 Å². The second-order valence-corrected chi connectivity index (χ2v) is 7.44. The summed E-state index contributed by atoms with van der Waals surface area (Å²) in [5, 5.41) is 0. The van der Waals surface area contributed by atoms with Crippen molar-refractivity contribution in [2.45, 2.75) is 56.7 Å². The highest BCUT2D eigenvalue weighted by atomic mass is 19.4. The van der Waals surface area contributed by atoms with Crippen LogP contribution in [0.2, 0.25) is 0 Å². The largest absolute Gasteiger partial charge is 0.416 e. The molecule has 1 saturated heterocycles. The lowest BCUT2D eigenvalue weighted by Gasteiger charge is -2.34. The Morgan fingerprint density at radius 1 is 1.12 bits per heavy atom. The van der Waals surface area contributed by atoms with Gasteiger partial charge in [0.2, 0.25) is 0 Å². The van der Waals surface area contributed by atoms with Crippen LogP contribution < -0.4 is 5.73 Å². The van der Waals surface area contributed by atoms with Gasteiger partial charge in [-0.3, -0.25) is 0 Å². The molecule has 2 nitrogen and oxygen atoms in total. The maximum Gasteiger partial charge on any atom is 0.416 e. The fraction of sp³-hybridized carbons (Fsp3) is 0.684. The van der Waals surface area contributed by atoms with Crippen LogP contribution in [-0.2, 0) is 6.18 Å². The Hall–Kier alpha value is -1.07. The van der Waals surface area contributed by atoms with E-state index < -0.39 is 11.7 Å². The van der Waals surface area contributed by atoms with Crippen molar-refractivity contribution in [3.05, 3.63) is 35.4 Å². The summed E-state index contributed by atoms with van der Waals surface area (Å²) in [6.45, 7) is 2.66. The average molecular weight is 340 g/mol. The highest BCUT2D eigenvalue weighted by molar-refractivity contribution is 5.29. The molecule has 2 N–H and O–H groups in total. The predicted molar refractivity (Wildman–Crippen MR) is 89.8 cm³/mol. The van der Waals surface area contributed by atoms with Crippen molar-refractivity contribution in [3.8, 4) is 0 Å². The molecule has 0 bridgehead atoms. The molecular formula is C19H27F3N2. The Morgan fingerprint density at radius 3 is 2.50 bits per heavy atom. The standard InChI is InChI=1S/C19H27F3N2/c20-19(21,22)16-8-4-7-15(11-16)18(14-5-2-1-3-6-14)13-24-10-9-17(23)12-24/h4,7-8,11,14,17-18H,1-3,5-6,9-10,12-13,23H2/t17-,18?/m1/s1. The van der Waals surface area contributed by atoms with Gasteiger partial charge < -0.3 is 10.6 Å². The van der Waals surface area contributed by atoms with Gasteiger partial charge in [0, 0.05) is 19.1 Å². The lowest BCUT2D eigenvalue weighted by molar-refractivity contribution is -0.137. The highest BCUT2D eigenvalue weighted by Crippen LogP contribution is 2.39. The van der Waals surface area contributed by atoms with E-state index in [-0.39, 0.29) is 12.0 Å². The summed E-state index contributed by atoms with van der Waals surface area (Å²) in [5.74, 6) is 0.664. The third-order valence-corrected chi connectivity index (χ3v) is 5.62. The molecule has 2 fully saturated rings. The van der Waals surface area contributed by atoms with Crippen LogP contribution in [0.1, 0.15) is 55.6 Å². The van der Waals surface area contributed by atoms with Crippen LogP contribution in [0, 0.1) is 5.92 Å². The molecule has 1 aliphatic carbocycles. The Labute approximate surface area is 142 Å². The van der Waals surface area contributed by atoms with Gasteiger partial charge in [-0.25, -0.2) is 0 Å². The Kier molecular flexibility index (Phi) is 5.50. The molecule has 1 saturated carbocycles. The van der Waals surface area contributed by atoms with Crippen LogP contribution in [0.4, 0.5) is 13.2 Å². The van der Waals surface area contributed by atoms with Gasteiger partial charge in [-0.05, 0) is 49.3 Å². The molecule has 1 aliphatic heterocycles. The first-order valence-corrected chi connectivity index (χ1v) is 9.08. The van der Waals surface area contributed by atoms with E-state index in [0.29, 0.717) is 5.92 Å². The fourth-order valence-electron chi connectivity index (χ4n) is 4.32. The second kappa shape index (κ2) is 7.44. The van der Waals surface area contributed by atoms with Gasteiger partial charge in [-0.2, -0.15) is 13.2 Å². The number of rotatable bonds is 4. The van der Waals surface area contributed by atoms with Crippen LogP contribution in [0.5, 0.6) is 0 Å². The van der Waals surface area contributed by atoms with Crippen molar-refractivity contribution in [2.24, 2.45) is 11.7 Å². The molecule has 0 radical (unpaired) electrons. The normalized spacial score (nSPS) is 25.1. The SMILES string of the molecule is N[C@@H]1CCN(CC(c2cccc(C(F)(F)F)c2)C2CCCCC2)C1. The zero-order valence-electron chi connectivity index (χ0n) is 14.1. The lowest BCUT2D eigenvalue weighted by atomic mass is 9.76. The maximum atomic E-state index is 13.1. The number of nitrogens with two attached hydrogens (primary N) is 1. The zero-order valence-corrected chi connectivity index (χ0v) is 14.1. The Bertz CT molecular complexity index is 538. The number of hydrogen-bond acceptors (Lipinski definition) is 2. The van der Waals surface area contributed by atoms with Crippen LogP contribution in [0.3, 0.4) is 0 Å². The molecule has 0 amide bonds. The zero-order chi connectivity index (χ0) is 17.2. The molecule has 1 aromatic rings. The number of benzene rings is 1. The van der Waals surface area contributed by atoms with Crippen LogP contribution in [-0.4, -0.2) is 30.6 Å². The molecule has 1 unspecified atom stereocenters. The first-order valence-electron chi connectivity index (χ1n) is 9.08. The van der Waals surface area contributed by atoms with Gasteiger partial charge in [0.05, 0.1) is 5.56 Å². The number of nitrogens with zero attached hydrogens (tertiary/aromatic N) is 1. The fourth-order valence-corrected chi connectivity index (χ4v) is 4.32. The molecule has 1 aromatic carbocycles. The molecule has 1 heterocycles. The summed E-state index contributed by atoms with van der Waals surface area (Å²) in [6, 6.07) is 6.19. The molecule has 3 rings (SSSR count). The minimum atomic E-state index is -4.27. The number of halogens is 3. The van der Waals surface area contributed by atoms with E-state index >= 15 is 0 Å². The maximum absolute atomic E-state index is 13.1. The molecule has 2 atom stereocenters. The second-order valence-electron chi connectivity index (χ2n) is 7.44. The quantitative estimate of drug-likeness (QED) is 0.880. The van der Waals surface area contributed by atoms with E-state index in [4.69, 9.17) is 5.73 Å². The van der Waals surface area contributed by atoms with Crippen LogP contribution in [0.15, 0.2) is 24.3 Å². The smallest absolute Gasteiger partial charge is 0.326 e. The monoisotopic (exact) mass is 340 g/mol. The van der Waals surface area contributed by atoms with Gasteiger partial charge in [-0.1, -0.05) is 37.5 Å². The summed E-state index contributed by atoms with van der Waals surface area (Å²) in [4.78, 5) is 2.34. The van der Waals surface area contributed by atoms with E-state index in [2.05, 4.69) is 4.90 Å². The molecule has 5 heteroatoms. The topological polar surface area (TPSA) is 29.3 Å². The van der Waals surface area contributed by atoms with E-state index in [9.17, 15) is 13.2 Å². The summed E-state index contributed by atoms with van der Waals surface area (Å²) in [7, 11) is 0. The van der Waals surface area contributed by atoms with Crippen molar-refractivity contribution in [1.29, 1.82) is 0 Å². The third-order valence-electron chi connectivity index (χ3n) is 5.62. The molecular weight excluding hydrogens is 313 g/mol. The van der Waals surface area contributed by atoms with Crippen molar-refractivity contribution < 1.29 is 13.2 Å². The van der Waals surface area contributed by atoms with Gasteiger partial charge >= 0.3 is 6.18 Å². The molecule has 134 valence electrons. The summed E-state index contributed by atoms with van der Waals surface area (Å²) < 4.78 is 39.3. The highest BCUT2D eigenvalue weighted by Gasteiger charge is 2.33. The lowest BCUT2D eigenvalue weighted by Crippen LogP contribution is -2.33. The molecule has 2 aliphatic rings. The predicted octanol–water partition coefficient (Wildman–Crippen LogP) is 4.40. The minimum Gasteiger partial charge on any atom is -0.326 e. The summed E-state index contributed by atoms with van der Waals surface area (Å²) in [6.07, 6.45) is 2.60.